The Morgan fingerprint density at radius 2 is 1.72 bits per heavy atom. The van der Waals surface area contributed by atoms with Gasteiger partial charge in [0.05, 0.1) is 11.9 Å². The van der Waals surface area contributed by atoms with Gasteiger partial charge < -0.3 is 10.2 Å². The molecule has 2 aromatic carbocycles. The number of sulfonamides is 1. The van der Waals surface area contributed by atoms with Gasteiger partial charge in [0.25, 0.3) is 0 Å². The lowest BCUT2D eigenvalue weighted by Crippen LogP contribution is -2.52. The fourth-order valence-corrected chi connectivity index (χ4v) is 4.46. The van der Waals surface area contributed by atoms with Gasteiger partial charge in [0.1, 0.15) is 12.6 Å². The predicted molar refractivity (Wildman–Crippen MR) is 136 cm³/mol. The van der Waals surface area contributed by atoms with E-state index in [1.807, 2.05) is 13.8 Å². The summed E-state index contributed by atoms with van der Waals surface area (Å²) in [5.41, 5.74) is 1.11. The smallest absolute Gasteiger partial charge is 0.244 e. The molecule has 0 unspecified atom stereocenters. The maximum atomic E-state index is 13.4. The van der Waals surface area contributed by atoms with Crippen molar-refractivity contribution in [1.29, 1.82) is 0 Å². The summed E-state index contributed by atoms with van der Waals surface area (Å²) in [6, 6.07) is 12.9. The summed E-state index contributed by atoms with van der Waals surface area (Å²) in [5, 5.41) is 3.31. The van der Waals surface area contributed by atoms with Crippen LogP contribution >= 0.6 is 34.2 Å². The molecule has 1 N–H and O–H groups in total. The zero-order valence-electron chi connectivity index (χ0n) is 18.4. The Kier molecular flexibility index (Phi) is 9.35. The van der Waals surface area contributed by atoms with Crippen molar-refractivity contribution in [3.05, 3.63) is 62.7 Å². The van der Waals surface area contributed by atoms with Crippen LogP contribution in [0.25, 0.3) is 0 Å². The Bertz CT molecular complexity index is 1060. The zero-order chi connectivity index (χ0) is 24.1. The van der Waals surface area contributed by atoms with Gasteiger partial charge in [-0.05, 0) is 85.3 Å². The summed E-state index contributed by atoms with van der Waals surface area (Å²) >= 11 is 8.20. The van der Waals surface area contributed by atoms with Crippen molar-refractivity contribution in [3.8, 4) is 0 Å². The highest BCUT2D eigenvalue weighted by atomic mass is 127. The van der Waals surface area contributed by atoms with Gasteiger partial charge in [-0.3, -0.25) is 13.9 Å². The number of amides is 2. The van der Waals surface area contributed by atoms with Crippen molar-refractivity contribution < 1.29 is 18.0 Å². The number of hydrogen-bond acceptors (Lipinski definition) is 4. The van der Waals surface area contributed by atoms with Crippen LogP contribution in [0.4, 0.5) is 5.69 Å². The van der Waals surface area contributed by atoms with Gasteiger partial charge in [-0.1, -0.05) is 23.7 Å². The molecule has 0 saturated heterocycles. The van der Waals surface area contributed by atoms with Gasteiger partial charge in [0.15, 0.2) is 0 Å². The van der Waals surface area contributed by atoms with Crippen molar-refractivity contribution >= 4 is 61.7 Å². The highest BCUT2D eigenvalue weighted by Crippen LogP contribution is 2.21. The zero-order valence-corrected chi connectivity index (χ0v) is 22.1. The molecule has 2 aromatic rings. The number of hydrogen-bond donors (Lipinski definition) is 1. The lowest BCUT2D eigenvalue weighted by Gasteiger charge is -2.32. The van der Waals surface area contributed by atoms with Crippen LogP contribution < -0.4 is 9.62 Å². The highest BCUT2D eigenvalue weighted by Gasteiger charge is 2.30. The van der Waals surface area contributed by atoms with Gasteiger partial charge in [0.2, 0.25) is 21.8 Å². The molecule has 0 heterocycles. The number of benzene rings is 2. The molecule has 0 saturated carbocycles. The summed E-state index contributed by atoms with van der Waals surface area (Å²) in [5.74, 6) is -0.823. The van der Waals surface area contributed by atoms with E-state index >= 15 is 0 Å². The van der Waals surface area contributed by atoms with E-state index in [0.717, 1.165) is 19.7 Å². The predicted octanol–water partition coefficient (Wildman–Crippen LogP) is 3.65. The number of carbonyl (C=O) groups excluding carboxylic acids is 2. The topological polar surface area (TPSA) is 86.8 Å². The third-order valence-corrected chi connectivity index (χ3v) is 6.73. The lowest BCUT2D eigenvalue weighted by atomic mass is 10.1. The second kappa shape index (κ2) is 11.3. The third-order valence-electron chi connectivity index (χ3n) is 4.63. The Morgan fingerprint density at radius 1 is 1.09 bits per heavy atom. The van der Waals surface area contributed by atoms with E-state index in [-0.39, 0.29) is 18.5 Å². The van der Waals surface area contributed by atoms with Crippen LogP contribution in [0.1, 0.15) is 26.3 Å². The van der Waals surface area contributed by atoms with Crippen LogP contribution in [0.15, 0.2) is 48.5 Å². The van der Waals surface area contributed by atoms with E-state index in [1.165, 1.54) is 4.90 Å². The molecule has 0 aromatic heterocycles. The molecule has 7 nitrogen and oxygen atoms in total. The van der Waals surface area contributed by atoms with Crippen LogP contribution in [0, 0.1) is 3.57 Å². The minimum absolute atomic E-state index is 0.104. The van der Waals surface area contributed by atoms with Gasteiger partial charge >= 0.3 is 0 Å². The van der Waals surface area contributed by atoms with Crippen molar-refractivity contribution in [1.82, 2.24) is 10.2 Å². The number of nitrogens with one attached hydrogen (secondary N) is 1. The highest BCUT2D eigenvalue weighted by molar-refractivity contribution is 14.1. The number of anilines is 1. The average Bonchev–Trinajstić information content (AvgIpc) is 2.69. The molecule has 0 aliphatic carbocycles. The van der Waals surface area contributed by atoms with Crippen LogP contribution in [-0.2, 0) is 26.2 Å². The molecule has 0 radical (unpaired) electrons. The Balaban J connectivity index is 2.38. The minimum atomic E-state index is -3.74. The quantitative estimate of drug-likeness (QED) is 0.451. The molecular weight excluding hydrogens is 565 g/mol. The van der Waals surface area contributed by atoms with E-state index in [2.05, 4.69) is 27.9 Å². The van der Waals surface area contributed by atoms with Gasteiger partial charge in [0, 0.05) is 21.2 Å². The summed E-state index contributed by atoms with van der Waals surface area (Å²) in [6.07, 6.45) is 1.05. The van der Waals surface area contributed by atoms with Crippen molar-refractivity contribution in [3.63, 3.8) is 0 Å². The first-order valence-corrected chi connectivity index (χ1v) is 13.3. The molecule has 10 heteroatoms. The normalized spacial score (nSPS) is 12.3. The second-order valence-corrected chi connectivity index (χ2v) is 11.3. The molecule has 2 rings (SSSR count). The Morgan fingerprint density at radius 3 is 2.25 bits per heavy atom. The van der Waals surface area contributed by atoms with E-state index < -0.39 is 28.5 Å². The Hall–Kier alpha value is -1.85. The lowest BCUT2D eigenvalue weighted by molar-refractivity contribution is -0.139. The molecule has 0 aliphatic rings. The maximum absolute atomic E-state index is 13.4. The molecule has 1 atom stereocenters. The van der Waals surface area contributed by atoms with Crippen LogP contribution in [0.5, 0.6) is 0 Å². The maximum Gasteiger partial charge on any atom is 0.244 e. The molecule has 32 heavy (non-hydrogen) atoms. The van der Waals surface area contributed by atoms with Gasteiger partial charge in [-0.2, -0.15) is 0 Å². The summed E-state index contributed by atoms with van der Waals surface area (Å²) < 4.78 is 27.0. The van der Waals surface area contributed by atoms with Crippen molar-refractivity contribution in [2.24, 2.45) is 0 Å². The number of halogens is 2. The number of carbonyl (C=O) groups is 2. The van der Waals surface area contributed by atoms with Crippen molar-refractivity contribution in [2.45, 2.75) is 39.4 Å². The molecular formula is C22H27ClIN3O4S. The molecule has 174 valence electrons. The van der Waals surface area contributed by atoms with E-state index in [4.69, 9.17) is 11.6 Å². The first-order chi connectivity index (χ1) is 14.9. The molecule has 0 fully saturated rings. The second-order valence-electron chi connectivity index (χ2n) is 7.74. The molecule has 0 bridgehead atoms. The SMILES string of the molecule is CC(C)NC(=O)[C@H](C)N(Cc1cccc(Cl)c1)C(=O)CN(c1ccc(I)cc1)S(C)(=O)=O. The van der Waals surface area contributed by atoms with Gasteiger partial charge in [-0.15, -0.1) is 0 Å². The van der Waals surface area contributed by atoms with Crippen LogP contribution in [0.3, 0.4) is 0 Å². The van der Waals surface area contributed by atoms with E-state index in [9.17, 15) is 18.0 Å². The van der Waals surface area contributed by atoms with Gasteiger partial charge in [-0.25, -0.2) is 8.42 Å². The average molecular weight is 592 g/mol. The third kappa shape index (κ3) is 7.63. The minimum Gasteiger partial charge on any atom is -0.352 e. The Labute approximate surface area is 208 Å². The first-order valence-electron chi connectivity index (χ1n) is 9.96. The van der Waals surface area contributed by atoms with Crippen LogP contribution in [0.2, 0.25) is 5.02 Å². The molecule has 0 aliphatic heterocycles. The van der Waals surface area contributed by atoms with E-state index in [1.54, 1.807) is 55.5 Å². The number of nitrogens with zero attached hydrogens (tertiary/aromatic N) is 2. The van der Waals surface area contributed by atoms with E-state index in [0.29, 0.717) is 10.7 Å². The standard InChI is InChI=1S/C22H27ClIN3O4S/c1-15(2)25-22(29)16(3)26(13-17-6-5-7-18(23)12-17)21(28)14-27(32(4,30)31)20-10-8-19(24)9-11-20/h5-12,15-16H,13-14H2,1-4H3,(H,25,29)/t16-/m0/s1. The summed E-state index contributed by atoms with van der Waals surface area (Å²) in [7, 11) is -3.74. The largest absolute Gasteiger partial charge is 0.352 e. The molecule has 2 amide bonds. The fraction of sp³-hybridized carbons (Fsp3) is 0.364. The van der Waals surface area contributed by atoms with Crippen molar-refractivity contribution in [2.75, 3.05) is 17.1 Å². The first kappa shape index (κ1) is 26.4. The fourth-order valence-electron chi connectivity index (χ4n) is 3.04. The molecule has 0 spiro atoms. The summed E-state index contributed by atoms with van der Waals surface area (Å²) in [4.78, 5) is 27.4. The monoisotopic (exact) mass is 591 g/mol. The van der Waals surface area contributed by atoms with Crippen LogP contribution in [-0.4, -0.2) is 50.0 Å². The number of rotatable bonds is 9. The summed E-state index contributed by atoms with van der Waals surface area (Å²) in [6.45, 7) is 4.96.